The van der Waals surface area contributed by atoms with E-state index in [1.807, 2.05) is 0 Å². The van der Waals surface area contributed by atoms with Crippen molar-refractivity contribution in [3.63, 3.8) is 0 Å². The van der Waals surface area contributed by atoms with Gasteiger partial charge in [-0.25, -0.2) is 14.6 Å². The van der Waals surface area contributed by atoms with Crippen LogP contribution in [0, 0.1) is 5.92 Å². The fourth-order valence-corrected chi connectivity index (χ4v) is 2.43. The van der Waals surface area contributed by atoms with Crippen molar-refractivity contribution in [2.75, 3.05) is 5.32 Å². The molecule has 0 aromatic carbocycles. The summed E-state index contributed by atoms with van der Waals surface area (Å²) in [5.41, 5.74) is 0. The summed E-state index contributed by atoms with van der Waals surface area (Å²) in [6.45, 7) is 0. The second-order valence-corrected chi connectivity index (χ2v) is 5.48. The van der Waals surface area contributed by atoms with Crippen LogP contribution in [0.3, 0.4) is 0 Å². The van der Waals surface area contributed by atoms with E-state index in [9.17, 15) is 4.79 Å². The van der Waals surface area contributed by atoms with Gasteiger partial charge in [-0.15, -0.1) is 0 Å². The first-order chi connectivity index (χ1) is 11.3. The van der Waals surface area contributed by atoms with Gasteiger partial charge in [0.15, 0.2) is 17.4 Å². The molecule has 0 spiro atoms. The molecule has 1 aliphatic rings. The van der Waals surface area contributed by atoms with Crippen molar-refractivity contribution < 1.29 is 9.21 Å². The van der Waals surface area contributed by atoms with Crippen molar-refractivity contribution in [1.82, 2.24) is 19.7 Å². The molecule has 1 amide bonds. The van der Waals surface area contributed by atoms with Crippen LogP contribution in [0.5, 0.6) is 0 Å². The topological polar surface area (TPSA) is 85.8 Å². The molecule has 1 fully saturated rings. The van der Waals surface area contributed by atoms with Crippen molar-refractivity contribution >= 4 is 11.7 Å². The Balaban J connectivity index is 1.71. The molecule has 0 unspecified atom stereocenters. The predicted molar refractivity (Wildman–Crippen MR) is 82.8 cm³/mol. The van der Waals surface area contributed by atoms with Gasteiger partial charge in [-0.2, -0.15) is 5.10 Å². The van der Waals surface area contributed by atoms with Crippen molar-refractivity contribution in [2.45, 2.75) is 19.3 Å². The summed E-state index contributed by atoms with van der Waals surface area (Å²) in [5, 5.41) is 7.05. The zero-order chi connectivity index (χ0) is 15.6. The quantitative estimate of drug-likeness (QED) is 0.800. The lowest BCUT2D eigenvalue weighted by atomic mass is 9.85. The lowest BCUT2D eigenvalue weighted by Gasteiger charge is -2.23. The highest BCUT2D eigenvalue weighted by molar-refractivity contribution is 5.92. The molecule has 1 saturated carbocycles. The average Bonchev–Trinajstić information content (AvgIpc) is 3.19. The SMILES string of the molecule is O=C(Nc1cc(-n2cccn2)nc(-c2ccco2)n1)C1CCC1. The number of amides is 1. The van der Waals surface area contributed by atoms with Crippen LogP contribution in [0.25, 0.3) is 17.4 Å². The van der Waals surface area contributed by atoms with Crippen LogP contribution in [0.15, 0.2) is 47.3 Å². The number of furan rings is 1. The molecule has 4 rings (SSSR count). The van der Waals surface area contributed by atoms with E-state index >= 15 is 0 Å². The average molecular weight is 309 g/mol. The van der Waals surface area contributed by atoms with Crippen molar-refractivity contribution in [2.24, 2.45) is 5.92 Å². The normalized spacial score (nSPS) is 14.4. The minimum absolute atomic E-state index is 0.00626. The van der Waals surface area contributed by atoms with Gasteiger partial charge in [0.05, 0.1) is 6.26 Å². The lowest BCUT2D eigenvalue weighted by molar-refractivity contribution is -0.122. The van der Waals surface area contributed by atoms with E-state index in [1.165, 1.54) is 0 Å². The summed E-state index contributed by atoms with van der Waals surface area (Å²) in [6, 6.07) is 7.06. The molecule has 0 atom stereocenters. The molecule has 0 bridgehead atoms. The van der Waals surface area contributed by atoms with E-state index in [-0.39, 0.29) is 11.8 Å². The van der Waals surface area contributed by atoms with E-state index in [2.05, 4.69) is 20.4 Å². The molecule has 7 nitrogen and oxygen atoms in total. The van der Waals surface area contributed by atoms with Gasteiger partial charge in [0.1, 0.15) is 5.82 Å². The summed E-state index contributed by atoms with van der Waals surface area (Å²) in [7, 11) is 0. The maximum Gasteiger partial charge on any atom is 0.228 e. The van der Waals surface area contributed by atoms with Gasteiger partial charge in [-0.05, 0) is 31.0 Å². The number of carbonyl (C=O) groups is 1. The predicted octanol–water partition coefficient (Wildman–Crippen LogP) is 2.66. The summed E-state index contributed by atoms with van der Waals surface area (Å²) in [4.78, 5) is 21.0. The van der Waals surface area contributed by atoms with Crippen molar-refractivity contribution in [3.05, 3.63) is 42.9 Å². The van der Waals surface area contributed by atoms with E-state index in [1.54, 1.807) is 47.6 Å². The number of carbonyl (C=O) groups excluding carboxylic acids is 1. The maximum absolute atomic E-state index is 12.2. The van der Waals surface area contributed by atoms with E-state index < -0.39 is 0 Å². The summed E-state index contributed by atoms with van der Waals surface area (Å²) >= 11 is 0. The first kappa shape index (κ1) is 13.7. The van der Waals surface area contributed by atoms with E-state index in [0.717, 1.165) is 19.3 Å². The van der Waals surface area contributed by atoms with Crippen LogP contribution in [0.4, 0.5) is 5.82 Å². The maximum atomic E-state index is 12.2. The van der Waals surface area contributed by atoms with Gasteiger partial charge in [-0.3, -0.25) is 4.79 Å². The molecule has 0 saturated heterocycles. The molecule has 3 aromatic rings. The monoisotopic (exact) mass is 309 g/mol. The zero-order valence-corrected chi connectivity index (χ0v) is 12.3. The largest absolute Gasteiger partial charge is 0.461 e. The Morgan fingerprint density at radius 2 is 2.22 bits per heavy atom. The standard InChI is InChI=1S/C16H15N5O2/c22-16(11-4-1-5-11)19-13-10-14(21-8-3-7-17-21)20-15(18-13)12-6-2-9-23-12/h2-3,6-11H,1,4-5H2,(H,18,19,20,22). The fraction of sp³-hybridized carbons (Fsp3) is 0.250. The first-order valence-electron chi connectivity index (χ1n) is 7.53. The third-order valence-corrected chi connectivity index (χ3v) is 3.92. The van der Waals surface area contributed by atoms with Gasteiger partial charge >= 0.3 is 0 Å². The molecule has 3 aromatic heterocycles. The lowest BCUT2D eigenvalue weighted by Crippen LogP contribution is -2.28. The van der Waals surface area contributed by atoms with E-state index in [4.69, 9.17) is 4.42 Å². The fourth-order valence-electron chi connectivity index (χ4n) is 2.43. The van der Waals surface area contributed by atoms with Gasteiger partial charge < -0.3 is 9.73 Å². The zero-order valence-electron chi connectivity index (χ0n) is 12.3. The van der Waals surface area contributed by atoms with E-state index in [0.29, 0.717) is 23.2 Å². The molecule has 0 radical (unpaired) electrons. The van der Waals surface area contributed by atoms with Crippen LogP contribution in [-0.2, 0) is 4.79 Å². The second-order valence-electron chi connectivity index (χ2n) is 5.48. The molecule has 116 valence electrons. The van der Waals surface area contributed by atoms with Crippen LogP contribution in [0.2, 0.25) is 0 Å². The van der Waals surface area contributed by atoms with Crippen molar-refractivity contribution in [1.29, 1.82) is 0 Å². The third-order valence-electron chi connectivity index (χ3n) is 3.92. The van der Waals surface area contributed by atoms with Crippen LogP contribution < -0.4 is 5.32 Å². The molecule has 1 aliphatic carbocycles. The van der Waals surface area contributed by atoms with Crippen LogP contribution >= 0.6 is 0 Å². The number of hydrogen-bond donors (Lipinski definition) is 1. The number of nitrogens with one attached hydrogen (secondary N) is 1. The molecule has 0 aliphatic heterocycles. The molecule has 1 N–H and O–H groups in total. The van der Waals surface area contributed by atoms with Gasteiger partial charge in [0, 0.05) is 24.4 Å². The number of hydrogen-bond acceptors (Lipinski definition) is 5. The Labute approximate surface area is 132 Å². The third kappa shape index (κ3) is 2.73. The number of anilines is 1. The Morgan fingerprint density at radius 3 is 2.87 bits per heavy atom. The Kier molecular flexibility index (Phi) is 3.38. The van der Waals surface area contributed by atoms with Crippen molar-refractivity contribution in [3.8, 4) is 17.4 Å². The van der Waals surface area contributed by atoms with Gasteiger partial charge in [-0.1, -0.05) is 6.42 Å². The number of aromatic nitrogens is 4. The second kappa shape index (κ2) is 5.68. The molecular weight excluding hydrogens is 294 g/mol. The molecule has 7 heteroatoms. The highest BCUT2D eigenvalue weighted by Crippen LogP contribution is 2.28. The van der Waals surface area contributed by atoms with Gasteiger partial charge in [0.2, 0.25) is 5.91 Å². The van der Waals surface area contributed by atoms with Crippen LogP contribution in [0.1, 0.15) is 19.3 Å². The molecule has 3 heterocycles. The Morgan fingerprint density at radius 1 is 1.30 bits per heavy atom. The first-order valence-corrected chi connectivity index (χ1v) is 7.53. The smallest absolute Gasteiger partial charge is 0.228 e. The summed E-state index contributed by atoms with van der Waals surface area (Å²) < 4.78 is 6.98. The molecular formula is C16H15N5O2. The number of nitrogens with zero attached hydrogens (tertiary/aromatic N) is 4. The molecule has 23 heavy (non-hydrogen) atoms. The highest BCUT2D eigenvalue weighted by Gasteiger charge is 2.25. The Hall–Kier alpha value is -2.96. The minimum Gasteiger partial charge on any atom is -0.461 e. The van der Waals surface area contributed by atoms with Crippen LogP contribution in [-0.4, -0.2) is 25.7 Å². The number of rotatable bonds is 4. The Bertz CT molecular complexity index is 755. The summed E-state index contributed by atoms with van der Waals surface area (Å²) in [6.07, 6.45) is 8.00. The van der Waals surface area contributed by atoms with Gasteiger partial charge in [0.25, 0.3) is 0 Å². The highest BCUT2D eigenvalue weighted by atomic mass is 16.3. The summed E-state index contributed by atoms with van der Waals surface area (Å²) in [5.74, 6) is 2.07. The minimum atomic E-state index is 0.00626.